The summed E-state index contributed by atoms with van der Waals surface area (Å²) in [4.78, 5) is 11.8. The zero-order chi connectivity index (χ0) is 10.8. The average Bonchev–Trinajstić information content (AvgIpc) is 3.02. The molecule has 1 fully saturated rings. The molecule has 1 aromatic rings. The van der Waals surface area contributed by atoms with E-state index >= 15 is 0 Å². The van der Waals surface area contributed by atoms with Gasteiger partial charge in [-0.15, -0.1) is 0 Å². The normalized spacial score (nSPS) is 16.2. The molecule has 0 saturated heterocycles. The third kappa shape index (κ3) is 2.13. The maximum Gasteiger partial charge on any atom is 0.328 e. The Morgan fingerprint density at radius 3 is 2.60 bits per heavy atom. The maximum atomic E-state index is 11.8. The monoisotopic (exact) mass is 212 g/mol. The van der Waals surface area contributed by atoms with E-state index in [2.05, 4.69) is 0 Å². The van der Waals surface area contributed by atoms with Crippen molar-refractivity contribution < 1.29 is 9.47 Å². The first-order chi connectivity index (χ1) is 7.26. The van der Waals surface area contributed by atoms with Crippen LogP contribution in [0.5, 0.6) is 0 Å². The largest absolute Gasteiger partial charge is 0.354 e. The molecule has 0 atom stereocenters. The molecule has 0 radical (unpaired) electrons. The molecular formula is C10H16N2O3. The van der Waals surface area contributed by atoms with Gasteiger partial charge in [-0.25, -0.2) is 4.79 Å². The number of ether oxygens (including phenoxy) is 2. The van der Waals surface area contributed by atoms with Crippen LogP contribution in [0.2, 0.25) is 0 Å². The molecule has 0 unspecified atom stereocenters. The standard InChI is InChI=1S/C10H16N2O3/c1-14-9(15-2)7-11-5-6-12(10(11)13)8-3-4-8/h5-6,8-9H,3-4,7H2,1-2H3. The number of hydrogen-bond donors (Lipinski definition) is 0. The minimum atomic E-state index is -0.363. The SMILES string of the molecule is COC(Cn1ccn(C2CC2)c1=O)OC. The second-order valence-electron chi connectivity index (χ2n) is 3.77. The lowest BCUT2D eigenvalue weighted by molar-refractivity contribution is -0.111. The van der Waals surface area contributed by atoms with Gasteiger partial charge in [0.05, 0.1) is 6.54 Å². The average molecular weight is 212 g/mol. The smallest absolute Gasteiger partial charge is 0.328 e. The molecule has 1 aliphatic rings. The Morgan fingerprint density at radius 1 is 1.40 bits per heavy atom. The van der Waals surface area contributed by atoms with Gasteiger partial charge in [-0.1, -0.05) is 0 Å². The van der Waals surface area contributed by atoms with Crippen LogP contribution >= 0.6 is 0 Å². The molecule has 0 N–H and O–H groups in total. The van der Waals surface area contributed by atoms with Crippen LogP contribution in [-0.4, -0.2) is 29.6 Å². The summed E-state index contributed by atoms with van der Waals surface area (Å²) in [6.07, 6.45) is 5.48. The Hall–Kier alpha value is -1.07. The molecule has 15 heavy (non-hydrogen) atoms. The van der Waals surface area contributed by atoms with Crippen molar-refractivity contribution in [1.29, 1.82) is 0 Å². The molecule has 0 amide bonds. The van der Waals surface area contributed by atoms with Gasteiger partial charge in [-0.05, 0) is 12.8 Å². The number of imidazole rings is 1. The fourth-order valence-electron chi connectivity index (χ4n) is 1.60. The third-order valence-electron chi connectivity index (χ3n) is 2.69. The van der Waals surface area contributed by atoms with Gasteiger partial charge in [0.15, 0.2) is 6.29 Å². The quantitative estimate of drug-likeness (QED) is 0.671. The Morgan fingerprint density at radius 2 is 2.07 bits per heavy atom. The Kier molecular flexibility index (Phi) is 2.93. The minimum absolute atomic E-state index is 0.0246. The third-order valence-corrected chi connectivity index (χ3v) is 2.69. The fraction of sp³-hybridized carbons (Fsp3) is 0.700. The van der Waals surface area contributed by atoms with Crippen LogP contribution in [-0.2, 0) is 16.0 Å². The highest BCUT2D eigenvalue weighted by Gasteiger charge is 2.25. The first-order valence-corrected chi connectivity index (χ1v) is 5.09. The molecule has 5 nitrogen and oxygen atoms in total. The van der Waals surface area contributed by atoms with Gasteiger partial charge in [0, 0.05) is 32.7 Å². The molecule has 1 aromatic heterocycles. The van der Waals surface area contributed by atoms with Crippen LogP contribution in [0.1, 0.15) is 18.9 Å². The van der Waals surface area contributed by atoms with Crippen LogP contribution < -0.4 is 5.69 Å². The van der Waals surface area contributed by atoms with E-state index in [4.69, 9.17) is 9.47 Å². The number of methoxy groups -OCH3 is 2. The van der Waals surface area contributed by atoms with E-state index in [0.717, 1.165) is 12.8 Å². The Labute approximate surface area is 88.2 Å². The molecule has 1 saturated carbocycles. The highest BCUT2D eigenvalue weighted by molar-refractivity contribution is 4.91. The van der Waals surface area contributed by atoms with Crippen LogP contribution in [0.15, 0.2) is 17.2 Å². The van der Waals surface area contributed by atoms with Crippen molar-refractivity contribution in [2.75, 3.05) is 14.2 Å². The summed E-state index contributed by atoms with van der Waals surface area (Å²) in [5, 5.41) is 0. The van der Waals surface area contributed by atoms with Crippen LogP contribution in [0, 0.1) is 0 Å². The predicted molar refractivity (Wildman–Crippen MR) is 54.8 cm³/mol. The lowest BCUT2D eigenvalue weighted by atomic mass is 10.6. The van der Waals surface area contributed by atoms with E-state index in [1.807, 2.05) is 6.20 Å². The van der Waals surface area contributed by atoms with Gasteiger partial charge in [0.25, 0.3) is 0 Å². The lowest BCUT2D eigenvalue weighted by Crippen LogP contribution is -2.29. The molecule has 0 bridgehead atoms. The first kappa shape index (κ1) is 10.4. The minimum Gasteiger partial charge on any atom is -0.354 e. The summed E-state index contributed by atoms with van der Waals surface area (Å²) in [6.45, 7) is 0.436. The molecular weight excluding hydrogens is 196 g/mol. The molecule has 5 heteroatoms. The second kappa shape index (κ2) is 4.20. The van der Waals surface area contributed by atoms with E-state index < -0.39 is 0 Å². The van der Waals surface area contributed by atoms with E-state index in [1.165, 1.54) is 0 Å². The van der Waals surface area contributed by atoms with Gasteiger partial charge in [0.2, 0.25) is 0 Å². The summed E-state index contributed by atoms with van der Waals surface area (Å²) in [7, 11) is 3.13. The zero-order valence-corrected chi connectivity index (χ0v) is 9.05. The summed E-state index contributed by atoms with van der Waals surface area (Å²) in [5.74, 6) is 0. The number of aromatic nitrogens is 2. The fourth-order valence-corrected chi connectivity index (χ4v) is 1.60. The number of hydrogen-bond acceptors (Lipinski definition) is 3. The first-order valence-electron chi connectivity index (χ1n) is 5.09. The molecule has 1 aliphatic carbocycles. The van der Waals surface area contributed by atoms with Crippen molar-refractivity contribution in [3.63, 3.8) is 0 Å². The highest BCUT2D eigenvalue weighted by atomic mass is 16.7. The Bertz CT molecular complexity index is 374. The van der Waals surface area contributed by atoms with Crippen LogP contribution in [0.3, 0.4) is 0 Å². The lowest BCUT2D eigenvalue weighted by Gasteiger charge is -2.12. The summed E-state index contributed by atoms with van der Waals surface area (Å²) in [5.41, 5.74) is 0.0246. The van der Waals surface area contributed by atoms with Gasteiger partial charge >= 0.3 is 5.69 Å². The molecule has 2 rings (SSSR count). The summed E-state index contributed by atoms with van der Waals surface area (Å²) >= 11 is 0. The number of rotatable bonds is 5. The van der Waals surface area contributed by atoms with Gasteiger partial charge < -0.3 is 9.47 Å². The molecule has 0 aromatic carbocycles. The predicted octanol–water partition coefficient (Wildman–Crippen LogP) is 0.604. The van der Waals surface area contributed by atoms with Gasteiger partial charge in [-0.3, -0.25) is 9.13 Å². The maximum absolute atomic E-state index is 11.8. The van der Waals surface area contributed by atoms with Crippen molar-refractivity contribution in [2.45, 2.75) is 31.7 Å². The van der Waals surface area contributed by atoms with Crippen LogP contribution in [0.4, 0.5) is 0 Å². The topological polar surface area (TPSA) is 45.4 Å². The van der Waals surface area contributed by atoms with Crippen molar-refractivity contribution >= 4 is 0 Å². The van der Waals surface area contributed by atoms with Gasteiger partial charge in [-0.2, -0.15) is 0 Å². The van der Waals surface area contributed by atoms with Crippen LogP contribution in [0.25, 0.3) is 0 Å². The summed E-state index contributed by atoms with van der Waals surface area (Å²) < 4.78 is 13.5. The van der Waals surface area contributed by atoms with Crippen molar-refractivity contribution in [3.8, 4) is 0 Å². The van der Waals surface area contributed by atoms with Crippen molar-refractivity contribution in [1.82, 2.24) is 9.13 Å². The van der Waals surface area contributed by atoms with E-state index in [1.54, 1.807) is 29.6 Å². The molecule has 1 heterocycles. The Balaban J connectivity index is 2.11. The van der Waals surface area contributed by atoms with Gasteiger partial charge in [0.1, 0.15) is 0 Å². The van der Waals surface area contributed by atoms with E-state index in [-0.39, 0.29) is 12.0 Å². The van der Waals surface area contributed by atoms with E-state index in [9.17, 15) is 4.79 Å². The van der Waals surface area contributed by atoms with Crippen molar-refractivity contribution in [3.05, 3.63) is 22.9 Å². The van der Waals surface area contributed by atoms with E-state index in [0.29, 0.717) is 12.6 Å². The second-order valence-corrected chi connectivity index (χ2v) is 3.77. The molecule has 84 valence electrons. The number of nitrogens with zero attached hydrogens (tertiary/aromatic N) is 2. The highest BCUT2D eigenvalue weighted by Crippen LogP contribution is 2.33. The zero-order valence-electron chi connectivity index (χ0n) is 9.05. The molecule has 0 spiro atoms. The molecule has 0 aliphatic heterocycles. The van der Waals surface area contributed by atoms with Crippen molar-refractivity contribution in [2.24, 2.45) is 0 Å². The summed E-state index contributed by atoms with van der Waals surface area (Å²) in [6, 6.07) is 0.419.